The Hall–Kier alpha value is -3.18. The number of rotatable bonds is 13. The van der Waals surface area contributed by atoms with Gasteiger partial charge >= 0.3 is 5.97 Å². The lowest BCUT2D eigenvalue weighted by Gasteiger charge is -2.22. The SMILES string of the molecule is NCCCC[C@H](NC(=O)[C@@H](N)Cc1ccc(O)cc1)C(=O)N[C@@H](CC(N)=O)C(=O)O. The van der Waals surface area contributed by atoms with E-state index in [1.54, 1.807) is 12.1 Å². The Morgan fingerprint density at radius 1 is 0.967 bits per heavy atom. The van der Waals surface area contributed by atoms with Gasteiger partial charge in [0.25, 0.3) is 0 Å². The number of primary amides is 1. The monoisotopic (exact) mass is 423 g/mol. The Morgan fingerprint density at radius 2 is 1.57 bits per heavy atom. The average molecular weight is 423 g/mol. The zero-order chi connectivity index (χ0) is 22.7. The third-order valence-electron chi connectivity index (χ3n) is 4.33. The van der Waals surface area contributed by atoms with Crippen molar-refractivity contribution in [3.63, 3.8) is 0 Å². The van der Waals surface area contributed by atoms with Gasteiger partial charge in [-0.05, 0) is 49.9 Å². The van der Waals surface area contributed by atoms with Crippen molar-refractivity contribution in [3.05, 3.63) is 29.8 Å². The summed E-state index contributed by atoms with van der Waals surface area (Å²) in [6.45, 7) is 0.391. The molecule has 11 nitrogen and oxygen atoms in total. The predicted octanol–water partition coefficient (Wildman–Crippen LogP) is -1.68. The van der Waals surface area contributed by atoms with Gasteiger partial charge in [-0.3, -0.25) is 14.4 Å². The normalized spacial score (nSPS) is 13.7. The van der Waals surface area contributed by atoms with Gasteiger partial charge in [-0.25, -0.2) is 4.79 Å². The van der Waals surface area contributed by atoms with E-state index in [1.165, 1.54) is 12.1 Å². The minimum atomic E-state index is -1.51. The van der Waals surface area contributed by atoms with Crippen LogP contribution in [-0.4, -0.2) is 58.6 Å². The summed E-state index contributed by atoms with van der Waals surface area (Å²) in [6.07, 6.45) is 0.912. The van der Waals surface area contributed by atoms with Crippen LogP contribution in [0.2, 0.25) is 0 Å². The third-order valence-corrected chi connectivity index (χ3v) is 4.33. The number of aromatic hydroxyl groups is 1. The molecule has 0 radical (unpaired) electrons. The lowest BCUT2D eigenvalue weighted by molar-refractivity contribution is -0.143. The van der Waals surface area contributed by atoms with Crippen molar-refractivity contribution < 1.29 is 29.4 Å². The second kappa shape index (κ2) is 12.4. The molecule has 1 aromatic carbocycles. The molecule has 3 atom stereocenters. The van der Waals surface area contributed by atoms with E-state index in [-0.39, 0.29) is 18.6 Å². The Morgan fingerprint density at radius 3 is 2.10 bits per heavy atom. The zero-order valence-corrected chi connectivity index (χ0v) is 16.5. The topological polar surface area (TPSA) is 211 Å². The number of unbranched alkanes of at least 4 members (excludes halogenated alkanes) is 1. The van der Waals surface area contributed by atoms with Crippen LogP contribution in [0.5, 0.6) is 5.75 Å². The lowest BCUT2D eigenvalue weighted by Crippen LogP contribution is -2.55. The molecule has 0 heterocycles. The van der Waals surface area contributed by atoms with E-state index in [4.69, 9.17) is 22.3 Å². The highest BCUT2D eigenvalue weighted by Gasteiger charge is 2.28. The molecule has 30 heavy (non-hydrogen) atoms. The van der Waals surface area contributed by atoms with E-state index < -0.39 is 48.2 Å². The highest BCUT2D eigenvalue weighted by Crippen LogP contribution is 2.11. The van der Waals surface area contributed by atoms with Gasteiger partial charge in [0.1, 0.15) is 17.8 Å². The molecular formula is C19H29N5O6. The molecule has 0 aliphatic carbocycles. The molecule has 1 aromatic rings. The minimum Gasteiger partial charge on any atom is -0.508 e. The standard InChI is InChI=1S/C19H29N5O6/c20-8-2-1-3-14(18(28)24-15(19(29)30)10-16(22)26)23-17(27)13(21)9-11-4-6-12(25)7-5-11/h4-7,13-15,25H,1-3,8-10,20-21H2,(H2,22,26)(H,23,27)(H,24,28)(H,29,30)/t13-,14-,15-/m0/s1. The van der Waals surface area contributed by atoms with Crippen LogP contribution in [0.15, 0.2) is 24.3 Å². The third kappa shape index (κ3) is 8.88. The fraction of sp³-hybridized carbons (Fsp3) is 0.474. The second-order valence-corrected chi connectivity index (χ2v) is 6.89. The van der Waals surface area contributed by atoms with Gasteiger partial charge < -0.3 is 38.0 Å². The number of carboxylic acids is 1. The van der Waals surface area contributed by atoms with Crippen LogP contribution < -0.4 is 27.8 Å². The van der Waals surface area contributed by atoms with Crippen molar-refractivity contribution in [3.8, 4) is 5.75 Å². The largest absolute Gasteiger partial charge is 0.508 e. The summed E-state index contributed by atoms with van der Waals surface area (Å²) in [6, 6.07) is 2.64. The van der Waals surface area contributed by atoms with Crippen molar-refractivity contribution >= 4 is 23.7 Å². The molecule has 0 aromatic heterocycles. The van der Waals surface area contributed by atoms with Crippen molar-refractivity contribution in [2.75, 3.05) is 6.54 Å². The Balaban J connectivity index is 2.80. The number of carbonyl (C=O) groups is 4. The number of amides is 3. The first-order chi connectivity index (χ1) is 14.1. The quantitative estimate of drug-likeness (QED) is 0.182. The van der Waals surface area contributed by atoms with Crippen molar-refractivity contribution in [1.82, 2.24) is 10.6 Å². The van der Waals surface area contributed by atoms with Gasteiger partial charge in [-0.15, -0.1) is 0 Å². The summed E-state index contributed by atoms with van der Waals surface area (Å²) in [5.74, 6) is -3.58. The molecule has 3 amide bonds. The van der Waals surface area contributed by atoms with Crippen LogP contribution >= 0.6 is 0 Å². The van der Waals surface area contributed by atoms with E-state index in [0.717, 1.165) is 0 Å². The van der Waals surface area contributed by atoms with E-state index in [1.807, 2.05) is 0 Å². The molecule has 11 heteroatoms. The molecule has 166 valence electrons. The Kier molecular flexibility index (Phi) is 10.3. The summed E-state index contributed by atoms with van der Waals surface area (Å²) in [7, 11) is 0. The lowest BCUT2D eigenvalue weighted by atomic mass is 10.0. The summed E-state index contributed by atoms with van der Waals surface area (Å²) in [5, 5.41) is 23.2. The van der Waals surface area contributed by atoms with E-state index in [9.17, 15) is 24.3 Å². The molecule has 10 N–H and O–H groups in total. The molecule has 1 rings (SSSR count). The number of carbonyl (C=O) groups excluding carboxylic acids is 3. The zero-order valence-electron chi connectivity index (χ0n) is 16.5. The fourth-order valence-electron chi connectivity index (χ4n) is 2.69. The summed E-state index contributed by atoms with van der Waals surface area (Å²) in [4.78, 5) is 47.3. The number of hydrogen-bond donors (Lipinski definition) is 7. The first kappa shape index (κ1) is 24.9. The van der Waals surface area contributed by atoms with Crippen molar-refractivity contribution in [2.45, 2.75) is 50.2 Å². The highest BCUT2D eigenvalue weighted by atomic mass is 16.4. The van der Waals surface area contributed by atoms with Gasteiger partial charge in [0, 0.05) is 0 Å². The summed E-state index contributed by atoms with van der Waals surface area (Å²) >= 11 is 0. The summed E-state index contributed by atoms with van der Waals surface area (Å²) < 4.78 is 0. The van der Waals surface area contributed by atoms with Crippen LogP contribution in [0.25, 0.3) is 0 Å². The van der Waals surface area contributed by atoms with Crippen molar-refractivity contribution in [2.24, 2.45) is 17.2 Å². The number of carboxylic acid groups (broad SMARTS) is 1. The second-order valence-electron chi connectivity index (χ2n) is 6.89. The Bertz CT molecular complexity index is 739. The van der Waals surface area contributed by atoms with E-state index in [2.05, 4.69) is 10.6 Å². The highest BCUT2D eigenvalue weighted by molar-refractivity contribution is 5.93. The maximum absolute atomic E-state index is 12.5. The van der Waals surface area contributed by atoms with Crippen LogP contribution in [0.4, 0.5) is 0 Å². The average Bonchev–Trinajstić information content (AvgIpc) is 2.67. The maximum atomic E-state index is 12.5. The fourth-order valence-corrected chi connectivity index (χ4v) is 2.69. The smallest absolute Gasteiger partial charge is 0.326 e. The molecule has 0 saturated heterocycles. The molecule has 0 aliphatic heterocycles. The van der Waals surface area contributed by atoms with Crippen LogP contribution in [-0.2, 0) is 25.6 Å². The molecule has 0 spiro atoms. The Labute approximate surface area is 174 Å². The number of aliphatic carboxylic acids is 1. The van der Waals surface area contributed by atoms with Crippen LogP contribution in [0.1, 0.15) is 31.2 Å². The minimum absolute atomic E-state index is 0.0809. The van der Waals surface area contributed by atoms with Gasteiger partial charge in [0.2, 0.25) is 17.7 Å². The van der Waals surface area contributed by atoms with Gasteiger partial charge in [0.05, 0.1) is 12.5 Å². The first-order valence-electron chi connectivity index (χ1n) is 9.49. The van der Waals surface area contributed by atoms with Gasteiger partial charge in [-0.1, -0.05) is 12.1 Å². The molecular weight excluding hydrogens is 394 g/mol. The number of phenols is 1. The van der Waals surface area contributed by atoms with Gasteiger partial charge in [-0.2, -0.15) is 0 Å². The number of nitrogens with two attached hydrogens (primary N) is 3. The molecule has 0 saturated carbocycles. The molecule has 0 bridgehead atoms. The predicted molar refractivity (Wildman–Crippen MR) is 108 cm³/mol. The van der Waals surface area contributed by atoms with Crippen molar-refractivity contribution in [1.29, 1.82) is 0 Å². The summed E-state index contributed by atoms with van der Waals surface area (Å²) in [5.41, 5.74) is 17.1. The van der Waals surface area contributed by atoms with E-state index >= 15 is 0 Å². The van der Waals surface area contributed by atoms with Crippen LogP contribution in [0, 0.1) is 0 Å². The van der Waals surface area contributed by atoms with Gasteiger partial charge in [0.15, 0.2) is 0 Å². The van der Waals surface area contributed by atoms with E-state index in [0.29, 0.717) is 24.9 Å². The van der Waals surface area contributed by atoms with Crippen LogP contribution in [0.3, 0.4) is 0 Å². The maximum Gasteiger partial charge on any atom is 0.326 e. The number of nitrogens with one attached hydrogen (secondary N) is 2. The molecule has 0 unspecified atom stereocenters. The molecule has 0 aliphatic rings. The number of phenolic OH excluding ortho intramolecular Hbond substituents is 1. The number of benzene rings is 1. The first-order valence-corrected chi connectivity index (χ1v) is 9.49. The number of hydrogen-bond acceptors (Lipinski definition) is 7. The molecule has 0 fully saturated rings.